The number of rotatable bonds is 6. The van der Waals surface area contributed by atoms with E-state index in [0.29, 0.717) is 29.6 Å². The van der Waals surface area contributed by atoms with Crippen LogP contribution in [0.5, 0.6) is 0 Å². The zero-order valence-electron chi connectivity index (χ0n) is 15.6. The first-order valence-corrected chi connectivity index (χ1v) is 9.07. The third kappa shape index (κ3) is 5.01. The lowest BCUT2D eigenvalue weighted by atomic mass is 9.94. The Morgan fingerprint density at radius 3 is 2.52 bits per heavy atom. The van der Waals surface area contributed by atoms with Crippen LogP contribution in [0.25, 0.3) is 0 Å². The summed E-state index contributed by atoms with van der Waals surface area (Å²) in [6.45, 7) is 11.2. The van der Waals surface area contributed by atoms with Crippen molar-refractivity contribution in [3.8, 4) is 0 Å². The minimum Gasteiger partial charge on any atom is -0.350 e. The summed E-state index contributed by atoms with van der Waals surface area (Å²) in [5.74, 6) is 1.07. The molecule has 0 bridgehead atoms. The second-order valence-electron chi connectivity index (χ2n) is 7.50. The van der Waals surface area contributed by atoms with Crippen LogP contribution in [0, 0.1) is 28.9 Å². The van der Waals surface area contributed by atoms with Gasteiger partial charge >= 0.3 is 0 Å². The fraction of sp³-hybridized carbons (Fsp3) is 0.632. The van der Waals surface area contributed by atoms with Gasteiger partial charge in [0.25, 0.3) is 11.6 Å². The van der Waals surface area contributed by atoms with Gasteiger partial charge in [-0.3, -0.25) is 19.8 Å². The summed E-state index contributed by atoms with van der Waals surface area (Å²) in [5.41, 5.74) is 1.14. The molecule has 1 atom stereocenters. The quantitative estimate of drug-likeness (QED) is 0.632. The number of likely N-dealkylation sites (tertiary alicyclic amines) is 1. The van der Waals surface area contributed by atoms with Crippen molar-refractivity contribution in [1.82, 2.24) is 10.2 Å². The molecule has 1 N–H and O–H groups in total. The van der Waals surface area contributed by atoms with Gasteiger partial charge in [-0.1, -0.05) is 20.8 Å². The summed E-state index contributed by atoms with van der Waals surface area (Å²) in [6, 6.07) is 4.68. The van der Waals surface area contributed by atoms with E-state index in [9.17, 15) is 14.9 Å². The molecule has 25 heavy (non-hydrogen) atoms. The van der Waals surface area contributed by atoms with Crippen LogP contribution < -0.4 is 5.32 Å². The molecule has 0 aromatic heterocycles. The van der Waals surface area contributed by atoms with Gasteiger partial charge in [0, 0.05) is 30.3 Å². The molecular weight excluding hydrogens is 318 g/mol. The summed E-state index contributed by atoms with van der Waals surface area (Å²) in [6.07, 6.45) is 2.41. The van der Waals surface area contributed by atoms with Gasteiger partial charge in [-0.2, -0.15) is 0 Å². The van der Waals surface area contributed by atoms with Crippen LogP contribution in [0.1, 0.15) is 49.5 Å². The molecule has 0 saturated carbocycles. The van der Waals surface area contributed by atoms with Crippen molar-refractivity contribution in [2.45, 2.75) is 46.6 Å². The van der Waals surface area contributed by atoms with E-state index in [4.69, 9.17) is 0 Å². The van der Waals surface area contributed by atoms with Crippen molar-refractivity contribution >= 4 is 11.6 Å². The molecule has 1 saturated heterocycles. The lowest BCUT2D eigenvalue weighted by Gasteiger charge is -2.38. The topological polar surface area (TPSA) is 75.5 Å². The Kier molecular flexibility index (Phi) is 6.53. The molecule has 1 aliphatic heterocycles. The summed E-state index contributed by atoms with van der Waals surface area (Å²) >= 11 is 0. The number of amides is 1. The van der Waals surface area contributed by atoms with E-state index in [1.165, 1.54) is 31.0 Å². The first kappa shape index (κ1) is 19.4. The van der Waals surface area contributed by atoms with Gasteiger partial charge in [-0.25, -0.2) is 0 Å². The van der Waals surface area contributed by atoms with Crippen molar-refractivity contribution in [2.75, 3.05) is 19.6 Å². The third-order valence-electron chi connectivity index (χ3n) is 5.19. The molecule has 6 nitrogen and oxygen atoms in total. The molecule has 138 valence electrons. The Hall–Kier alpha value is -1.95. The number of hydrogen-bond acceptors (Lipinski definition) is 4. The molecule has 0 aliphatic carbocycles. The highest BCUT2D eigenvalue weighted by molar-refractivity contribution is 5.95. The minimum atomic E-state index is -0.444. The number of benzene rings is 1. The lowest BCUT2D eigenvalue weighted by molar-refractivity contribution is -0.384. The van der Waals surface area contributed by atoms with E-state index < -0.39 is 4.92 Å². The number of hydrogen-bond donors (Lipinski definition) is 1. The second-order valence-corrected chi connectivity index (χ2v) is 7.50. The molecule has 1 unspecified atom stereocenters. The predicted octanol–water partition coefficient (Wildman–Crippen LogP) is 3.39. The highest BCUT2D eigenvalue weighted by atomic mass is 16.6. The highest BCUT2D eigenvalue weighted by Gasteiger charge is 2.26. The minimum absolute atomic E-state index is 0.0107. The molecule has 0 spiro atoms. The maximum Gasteiger partial charge on any atom is 0.269 e. The van der Waals surface area contributed by atoms with Crippen molar-refractivity contribution in [1.29, 1.82) is 0 Å². The summed E-state index contributed by atoms with van der Waals surface area (Å²) in [5, 5.41) is 13.8. The Bertz CT molecular complexity index is 622. The van der Waals surface area contributed by atoms with E-state index in [2.05, 4.69) is 31.0 Å². The maximum atomic E-state index is 12.5. The average Bonchev–Trinajstić information content (AvgIpc) is 2.55. The fourth-order valence-electron chi connectivity index (χ4n) is 3.46. The third-order valence-corrected chi connectivity index (χ3v) is 5.19. The SMILES string of the molecule is Cc1cc([N+](=O)[O-])ccc1C(=O)NCC(C(C)C)N1CCC(C)CC1. The monoisotopic (exact) mass is 347 g/mol. The van der Waals surface area contributed by atoms with Crippen LogP contribution in [-0.4, -0.2) is 41.4 Å². The van der Waals surface area contributed by atoms with Gasteiger partial charge in [0.05, 0.1) is 4.92 Å². The van der Waals surface area contributed by atoms with Crippen LogP contribution in [0.4, 0.5) is 5.69 Å². The largest absolute Gasteiger partial charge is 0.350 e. The van der Waals surface area contributed by atoms with Crippen molar-refractivity contribution in [2.24, 2.45) is 11.8 Å². The van der Waals surface area contributed by atoms with Crippen molar-refractivity contribution < 1.29 is 9.72 Å². The fourth-order valence-corrected chi connectivity index (χ4v) is 3.46. The number of non-ortho nitro benzene ring substituents is 1. The molecule has 1 aliphatic rings. The first-order chi connectivity index (χ1) is 11.8. The number of nitrogens with zero attached hydrogens (tertiary/aromatic N) is 2. The van der Waals surface area contributed by atoms with Gasteiger partial charge in [0.2, 0.25) is 0 Å². The number of nitro benzene ring substituents is 1. The lowest BCUT2D eigenvalue weighted by Crippen LogP contribution is -2.49. The number of carbonyl (C=O) groups excluding carboxylic acids is 1. The standard InChI is InChI=1S/C19H29N3O3/c1-13(2)18(21-9-7-14(3)8-10-21)12-20-19(23)17-6-5-16(22(24)25)11-15(17)4/h5-6,11,13-14,18H,7-10,12H2,1-4H3,(H,20,23). The Labute approximate surface area is 149 Å². The zero-order valence-corrected chi connectivity index (χ0v) is 15.6. The second kappa shape index (κ2) is 8.43. The molecule has 1 heterocycles. The smallest absolute Gasteiger partial charge is 0.269 e. The van der Waals surface area contributed by atoms with Gasteiger partial charge < -0.3 is 5.32 Å². The maximum absolute atomic E-state index is 12.5. The Morgan fingerprint density at radius 2 is 2.00 bits per heavy atom. The Balaban J connectivity index is 2.00. The van der Waals surface area contributed by atoms with Crippen LogP contribution in [-0.2, 0) is 0 Å². The summed E-state index contributed by atoms with van der Waals surface area (Å²) in [4.78, 5) is 25.4. The first-order valence-electron chi connectivity index (χ1n) is 9.07. The molecule has 0 radical (unpaired) electrons. The van der Waals surface area contributed by atoms with Crippen molar-refractivity contribution in [3.05, 3.63) is 39.4 Å². The summed E-state index contributed by atoms with van der Waals surface area (Å²) in [7, 11) is 0. The van der Waals surface area contributed by atoms with Gasteiger partial charge in [0.15, 0.2) is 0 Å². The number of piperidine rings is 1. The molecule has 1 aromatic rings. The van der Waals surface area contributed by atoms with Crippen molar-refractivity contribution in [3.63, 3.8) is 0 Å². The predicted molar refractivity (Wildman–Crippen MR) is 98.8 cm³/mol. The molecule has 6 heteroatoms. The van der Waals surface area contributed by atoms with Crippen LogP contribution in [0.2, 0.25) is 0 Å². The summed E-state index contributed by atoms with van der Waals surface area (Å²) < 4.78 is 0. The van der Waals surface area contributed by atoms with E-state index in [0.717, 1.165) is 19.0 Å². The number of aryl methyl sites for hydroxylation is 1. The number of nitro groups is 1. The van der Waals surface area contributed by atoms with Gasteiger partial charge in [-0.05, 0) is 56.3 Å². The van der Waals surface area contributed by atoms with Gasteiger partial charge in [-0.15, -0.1) is 0 Å². The van der Waals surface area contributed by atoms with E-state index in [1.54, 1.807) is 6.92 Å². The highest BCUT2D eigenvalue weighted by Crippen LogP contribution is 2.21. The normalized spacial score (nSPS) is 17.5. The number of carbonyl (C=O) groups is 1. The van der Waals surface area contributed by atoms with Gasteiger partial charge in [0.1, 0.15) is 0 Å². The molecule has 1 amide bonds. The van der Waals surface area contributed by atoms with E-state index >= 15 is 0 Å². The van der Waals surface area contributed by atoms with Crippen LogP contribution in [0.15, 0.2) is 18.2 Å². The Morgan fingerprint density at radius 1 is 1.36 bits per heavy atom. The molecular formula is C19H29N3O3. The van der Waals surface area contributed by atoms with E-state index in [-0.39, 0.29) is 11.6 Å². The van der Waals surface area contributed by atoms with Crippen LogP contribution in [0.3, 0.4) is 0 Å². The van der Waals surface area contributed by atoms with E-state index in [1.807, 2.05) is 0 Å². The van der Waals surface area contributed by atoms with Crippen LogP contribution >= 0.6 is 0 Å². The number of nitrogens with one attached hydrogen (secondary N) is 1. The molecule has 1 fully saturated rings. The molecule has 2 rings (SSSR count). The average molecular weight is 347 g/mol. The zero-order chi connectivity index (χ0) is 18.6. The molecule has 1 aromatic carbocycles.